The molecule has 0 fully saturated rings. The molecule has 3 heterocycles. The van der Waals surface area contributed by atoms with Gasteiger partial charge in [-0.3, -0.25) is 9.89 Å². The molecule has 1 aromatic heterocycles. The van der Waals surface area contributed by atoms with E-state index in [9.17, 15) is 9.59 Å². The van der Waals surface area contributed by atoms with E-state index < -0.39 is 11.4 Å². The number of rotatable bonds is 3. The fraction of sp³-hybridized carbons (Fsp3) is 0.278. The number of nitrogens with zero attached hydrogens (tertiary/aromatic N) is 1. The number of ether oxygens (including phenoxy) is 2. The number of aryl methyl sites for hydroxylation is 1. The molecule has 1 atom stereocenters. The number of hydrogen-bond donors (Lipinski definition) is 3. The molecule has 0 radical (unpaired) electrons. The highest BCUT2D eigenvalue weighted by atomic mass is 16.5. The number of anilines is 1. The Morgan fingerprint density at radius 3 is 2.85 bits per heavy atom. The predicted molar refractivity (Wildman–Crippen MR) is 92.3 cm³/mol. The lowest BCUT2D eigenvalue weighted by Crippen LogP contribution is -2.46. The van der Waals surface area contributed by atoms with Gasteiger partial charge in [0.15, 0.2) is 0 Å². The van der Waals surface area contributed by atoms with Gasteiger partial charge in [-0.25, -0.2) is 4.79 Å². The molecule has 8 nitrogen and oxygen atoms in total. The first-order valence-electron chi connectivity index (χ1n) is 8.39. The van der Waals surface area contributed by atoms with Crippen LogP contribution in [0.5, 0.6) is 5.88 Å². The molecular formula is C18H18N4O4. The second-order valence-electron chi connectivity index (χ2n) is 6.05. The molecule has 2 aliphatic rings. The zero-order valence-electron chi connectivity index (χ0n) is 14.4. The number of aromatic amines is 1. The largest absolute Gasteiger partial charge is 0.462 e. The van der Waals surface area contributed by atoms with Crippen LogP contribution in [-0.2, 0) is 26.2 Å². The minimum atomic E-state index is -1.46. The van der Waals surface area contributed by atoms with Gasteiger partial charge in [0.1, 0.15) is 11.0 Å². The number of hydrogen-bond acceptors (Lipinski definition) is 6. The number of amides is 1. The van der Waals surface area contributed by atoms with Crippen molar-refractivity contribution in [2.45, 2.75) is 25.7 Å². The molecule has 4 rings (SSSR count). The SMILES string of the molecule is CCOC(=O)C1=C(N)Oc2n[nH]c(CC)c2C12C(=O)Nc1ccccc12. The number of carbonyl (C=O) groups is 2. The van der Waals surface area contributed by atoms with E-state index in [0.29, 0.717) is 28.9 Å². The monoisotopic (exact) mass is 354 g/mol. The van der Waals surface area contributed by atoms with E-state index in [1.807, 2.05) is 13.0 Å². The molecule has 134 valence electrons. The van der Waals surface area contributed by atoms with Crippen LogP contribution in [-0.4, -0.2) is 28.7 Å². The number of nitrogens with two attached hydrogens (primary N) is 1. The summed E-state index contributed by atoms with van der Waals surface area (Å²) in [5.41, 5.74) is 7.02. The quantitative estimate of drug-likeness (QED) is 0.716. The van der Waals surface area contributed by atoms with Gasteiger partial charge in [-0.1, -0.05) is 25.1 Å². The topological polar surface area (TPSA) is 119 Å². The molecule has 2 aliphatic heterocycles. The first-order valence-corrected chi connectivity index (χ1v) is 8.39. The lowest BCUT2D eigenvalue weighted by Gasteiger charge is -2.33. The zero-order chi connectivity index (χ0) is 18.5. The Kier molecular flexibility index (Phi) is 3.50. The second-order valence-corrected chi connectivity index (χ2v) is 6.05. The third-order valence-corrected chi connectivity index (χ3v) is 4.76. The van der Waals surface area contributed by atoms with Gasteiger partial charge in [0.05, 0.1) is 12.2 Å². The molecule has 0 saturated carbocycles. The minimum absolute atomic E-state index is 0.0228. The average Bonchev–Trinajstić information content (AvgIpc) is 3.15. The smallest absolute Gasteiger partial charge is 0.341 e. The van der Waals surface area contributed by atoms with Gasteiger partial charge >= 0.3 is 5.97 Å². The molecule has 2 aromatic rings. The van der Waals surface area contributed by atoms with Crippen molar-refractivity contribution in [3.05, 3.63) is 52.5 Å². The summed E-state index contributed by atoms with van der Waals surface area (Å²) in [6.07, 6.45) is 0.568. The van der Waals surface area contributed by atoms with Crippen LogP contribution in [0.25, 0.3) is 0 Å². The maximum Gasteiger partial charge on any atom is 0.341 e. The summed E-state index contributed by atoms with van der Waals surface area (Å²) in [4.78, 5) is 26.1. The van der Waals surface area contributed by atoms with E-state index >= 15 is 0 Å². The normalized spacial score (nSPS) is 20.5. The number of carbonyl (C=O) groups excluding carboxylic acids is 2. The number of fused-ring (bicyclic) bond motifs is 4. The Bertz CT molecular complexity index is 962. The fourth-order valence-electron chi connectivity index (χ4n) is 3.75. The van der Waals surface area contributed by atoms with Crippen molar-refractivity contribution >= 4 is 17.6 Å². The summed E-state index contributed by atoms with van der Waals surface area (Å²) >= 11 is 0. The summed E-state index contributed by atoms with van der Waals surface area (Å²) in [6.45, 7) is 3.76. The maximum atomic E-state index is 13.3. The van der Waals surface area contributed by atoms with Crippen molar-refractivity contribution in [2.75, 3.05) is 11.9 Å². The van der Waals surface area contributed by atoms with E-state index in [1.165, 1.54) is 0 Å². The Hall–Kier alpha value is -3.29. The van der Waals surface area contributed by atoms with Crippen LogP contribution in [0, 0.1) is 0 Å². The molecule has 4 N–H and O–H groups in total. The molecule has 1 aromatic carbocycles. The van der Waals surface area contributed by atoms with Crippen molar-refractivity contribution in [1.82, 2.24) is 10.2 Å². The van der Waals surface area contributed by atoms with Crippen LogP contribution < -0.4 is 15.8 Å². The van der Waals surface area contributed by atoms with Gasteiger partial charge < -0.3 is 20.5 Å². The average molecular weight is 354 g/mol. The number of aromatic nitrogens is 2. The van der Waals surface area contributed by atoms with E-state index in [-0.39, 0.29) is 29.9 Å². The molecule has 26 heavy (non-hydrogen) atoms. The molecule has 0 bridgehead atoms. The molecule has 8 heteroatoms. The Labute approximate surface area is 149 Å². The summed E-state index contributed by atoms with van der Waals surface area (Å²) in [7, 11) is 0. The van der Waals surface area contributed by atoms with E-state index in [2.05, 4.69) is 15.5 Å². The van der Waals surface area contributed by atoms with Gasteiger partial charge in [0.25, 0.3) is 0 Å². The van der Waals surface area contributed by atoms with Crippen LogP contribution in [0.2, 0.25) is 0 Å². The Balaban J connectivity index is 2.10. The third kappa shape index (κ3) is 1.86. The van der Waals surface area contributed by atoms with Crippen molar-refractivity contribution in [3.8, 4) is 5.88 Å². The first kappa shape index (κ1) is 16.2. The zero-order valence-corrected chi connectivity index (χ0v) is 14.4. The van der Waals surface area contributed by atoms with Crippen molar-refractivity contribution in [2.24, 2.45) is 5.73 Å². The lowest BCUT2D eigenvalue weighted by atomic mass is 9.68. The van der Waals surface area contributed by atoms with Gasteiger partial charge in [-0.15, -0.1) is 5.10 Å². The van der Waals surface area contributed by atoms with Crippen LogP contribution in [0.4, 0.5) is 5.69 Å². The van der Waals surface area contributed by atoms with Gasteiger partial charge in [-0.2, -0.15) is 0 Å². The maximum absolute atomic E-state index is 13.3. The molecule has 0 aliphatic carbocycles. The summed E-state index contributed by atoms with van der Waals surface area (Å²) in [5.74, 6) is -1.06. The lowest BCUT2D eigenvalue weighted by molar-refractivity contribution is -0.140. The van der Waals surface area contributed by atoms with Crippen LogP contribution in [0.15, 0.2) is 35.7 Å². The third-order valence-electron chi connectivity index (χ3n) is 4.76. The molecule has 1 spiro atoms. The highest BCUT2D eigenvalue weighted by molar-refractivity contribution is 6.17. The highest BCUT2D eigenvalue weighted by Crippen LogP contribution is 2.54. The van der Waals surface area contributed by atoms with E-state index in [1.54, 1.807) is 25.1 Å². The number of esters is 1. The highest BCUT2D eigenvalue weighted by Gasteiger charge is 2.60. The van der Waals surface area contributed by atoms with Crippen molar-refractivity contribution in [1.29, 1.82) is 0 Å². The first-order chi connectivity index (χ1) is 12.6. The van der Waals surface area contributed by atoms with Crippen molar-refractivity contribution < 1.29 is 19.1 Å². The van der Waals surface area contributed by atoms with E-state index in [0.717, 1.165) is 0 Å². The summed E-state index contributed by atoms with van der Waals surface area (Å²) in [6, 6.07) is 7.19. The molecule has 1 amide bonds. The van der Waals surface area contributed by atoms with Gasteiger partial charge in [0, 0.05) is 16.9 Å². The summed E-state index contributed by atoms with van der Waals surface area (Å²) < 4.78 is 10.8. The second kappa shape index (κ2) is 5.62. The molecular weight excluding hydrogens is 336 g/mol. The molecule has 1 unspecified atom stereocenters. The number of benzene rings is 1. The Morgan fingerprint density at radius 2 is 2.12 bits per heavy atom. The number of nitrogens with one attached hydrogen (secondary N) is 2. The Morgan fingerprint density at radius 1 is 1.35 bits per heavy atom. The van der Waals surface area contributed by atoms with E-state index in [4.69, 9.17) is 15.2 Å². The molecule has 0 saturated heterocycles. The minimum Gasteiger partial charge on any atom is -0.462 e. The number of para-hydroxylation sites is 1. The van der Waals surface area contributed by atoms with Gasteiger partial charge in [-0.05, 0) is 19.4 Å². The van der Waals surface area contributed by atoms with Crippen LogP contribution in [0.1, 0.15) is 30.7 Å². The summed E-state index contributed by atoms with van der Waals surface area (Å²) in [5, 5.41) is 9.90. The van der Waals surface area contributed by atoms with Crippen LogP contribution >= 0.6 is 0 Å². The predicted octanol–water partition coefficient (Wildman–Crippen LogP) is 1.34. The standard InChI is InChI=1S/C18H18N4O4/c1-3-10-12-15(22-21-10)26-14(19)13(16(23)25-4-2)18(12)9-7-5-6-8-11(9)20-17(18)24/h5-8H,3-4,19H2,1-2H3,(H,20,24)(H,21,22). The van der Waals surface area contributed by atoms with Gasteiger partial charge in [0.2, 0.25) is 17.7 Å². The van der Waals surface area contributed by atoms with Crippen LogP contribution in [0.3, 0.4) is 0 Å². The van der Waals surface area contributed by atoms with Crippen molar-refractivity contribution in [3.63, 3.8) is 0 Å². The number of H-pyrrole nitrogens is 1. The fourth-order valence-corrected chi connectivity index (χ4v) is 3.75.